The first kappa shape index (κ1) is 17.6. The molecule has 3 aromatic rings. The van der Waals surface area contributed by atoms with E-state index in [-0.39, 0.29) is 17.6 Å². The number of pyridine rings is 1. The summed E-state index contributed by atoms with van der Waals surface area (Å²) in [6, 6.07) is 9.70. The summed E-state index contributed by atoms with van der Waals surface area (Å²) < 4.78 is 13.5. The Kier molecular flexibility index (Phi) is 4.61. The van der Waals surface area contributed by atoms with E-state index in [0.717, 1.165) is 0 Å². The molecular weight excluding hydrogens is 365 g/mol. The van der Waals surface area contributed by atoms with E-state index < -0.39 is 0 Å². The molecule has 138 valence electrons. The van der Waals surface area contributed by atoms with Gasteiger partial charge in [0.2, 0.25) is 0 Å². The molecule has 0 spiro atoms. The molecular formula is C20H18FN3O2S. The molecule has 7 heteroatoms. The summed E-state index contributed by atoms with van der Waals surface area (Å²) in [5.74, 6) is -0.474. The van der Waals surface area contributed by atoms with Crippen LogP contribution >= 0.6 is 11.3 Å². The van der Waals surface area contributed by atoms with Crippen molar-refractivity contribution in [1.82, 2.24) is 14.8 Å². The molecule has 0 saturated carbocycles. The normalized spacial score (nSPS) is 14.6. The van der Waals surface area contributed by atoms with Crippen LogP contribution in [0.5, 0.6) is 0 Å². The third kappa shape index (κ3) is 3.42. The van der Waals surface area contributed by atoms with Gasteiger partial charge in [-0.05, 0) is 36.6 Å². The Morgan fingerprint density at radius 1 is 1.04 bits per heavy atom. The quantitative estimate of drug-likeness (QED) is 0.682. The maximum absolute atomic E-state index is 13.5. The first-order valence-corrected chi connectivity index (χ1v) is 9.60. The summed E-state index contributed by atoms with van der Waals surface area (Å²) in [4.78, 5) is 34.1. The number of nitrogens with zero attached hydrogens (tertiary/aromatic N) is 3. The van der Waals surface area contributed by atoms with Gasteiger partial charge in [-0.15, -0.1) is 11.3 Å². The van der Waals surface area contributed by atoms with E-state index in [1.54, 1.807) is 28.9 Å². The van der Waals surface area contributed by atoms with Gasteiger partial charge in [-0.3, -0.25) is 14.6 Å². The second-order valence-electron chi connectivity index (χ2n) is 6.53. The van der Waals surface area contributed by atoms with Crippen LogP contribution in [-0.4, -0.2) is 52.8 Å². The fourth-order valence-electron chi connectivity index (χ4n) is 3.35. The van der Waals surface area contributed by atoms with E-state index in [1.165, 1.54) is 23.5 Å². The van der Waals surface area contributed by atoms with Crippen molar-refractivity contribution in [2.75, 3.05) is 26.2 Å². The highest BCUT2D eigenvalue weighted by atomic mass is 32.1. The van der Waals surface area contributed by atoms with Gasteiger partial charge in [0.05, 0.1) is 16.0 Å². The van der Waals surface area contributed by atoms with Crippen molar-refractivity contribution in [2.24, 2.45) is 0 Å². The van der Waals surface area contributed by atoms with Crippen LogP contribution in [0.25, 0.3) is 10.9 Å². The second kappa shape index (κ2) is 7.08. The number of aryl methyl sites for hydroxylation is 1. The molecule has 1 saturated heterocycles. The molecule has 0 radical (unpaired) electrons. The summed E-state index contributed by atoms with van der Waals surface area (Å²) in [7, 11) is 0. The van der Waals surface area contributed by atoms with Gasteiger partial charge < -0.3 is 9.80 Å². The molecule has 0 unspecified atom stereocenters. The molecule has 0 atom stereocenters. The van der Waals surface area contributed by atoms with E-state index in [2.05, 4.69) is 4.98 Å². The SMILES string of the molecule is Cc1cc(C(=O)N2CCN(C(=O)c3cccs3)CC2)c2ccc(F)cc2n1. The van der Waals surface area contributed by atoms with E-state index in [0.29, 0.717) is 53.2 Å². The Bertz CT molecular complexity index is 1010. The van der Waals surface area contributed by atoms with Crippen LogP contribution in [0.15, 0.2) is 41.8 Å². The van der Waals surface area contributed by atoms with Crippen molar-refractivity contribution >= 4 is 34.1 Å². The third-order valence-electron chi connectivity index (χ3n) is 4.72. The van der Waals surface area contributed by atoms with Crippen LogP contribution in [0.4, 0.5) is 4.39 Å². The van der Waals surface area contributed by atoms with Crippen LogP contribution in [-0.2, 0) is 0 Å². The zero-order chi connectivity index (χ0) is 19.0. The van der Waals surface area contributed by atoms with E-state index in [4.69, 9.17) is 0 Å². The summed E-state index contributed by atoms with van der Waals surface area (Å²) >= 11 is 1.42. The summed E-state index contributed by atoms with van der Waals surface area (Å²) in [5.41, 5.74) is 1.67. The highest BCUT2D eigenvalue weighted by Crippen LogP contribution is 2.22. The number of carbonyl (C=O) groups is 2. The fourth-order valence-corrected chi connectivity index (χ4v) is 4.04. The Labute approximate surface area is 160 Å². The molecule has 1 aliphatic heterocycles. The van der Waals surface area contributed by atoms with E-state index in [9.17, 15) is 14.0 Å². The number of hydrogen-bond acceptors (Lipinski definition) is 4. The minimum atomic E-state index is -0.375. The predicted octanol–water partition coefficient (Wildman–Crippen LogP) is 3.34. The smallest absolute Gasteiger partial charge is 0.264 e. The molecule has 5 nitrogen and oxygen atoms in total. The predicted molar refractivity (Wildman–Crippen MR) is 103 cm³/mol. The van der Waals surface area contributed by atoms with Crippen molar-refractivity contribution in [3.05, 3.63) is 63.7 Å². The van der Waals surface area contributed by atoms with Crippen molar-refractivity contribution < 1.29 is 14.0 Å². The van der Waals surface area contributed by atoms with Gasteiger partial charge in [0, 0.05) is 43.3 Å². The monoisotopic (exact) mass is 383 g/mol. The Hall–Kier alpha value is -2.80. The van der Waals surface area contributed by atoms with Crippen LogP contribution in [0, 0.1) is 12.7 Å². The highest BCUT2D eigenvalue weighted by Gasteiger charge is 2.27. The third-order valence-corrected chi connectivity index (χ3v) is 5.57. The first-order chi connectivity index (χ1) is 13.0. The lowest BCUT2D eigenvalue weighted by molar-refractivity contribution is 0.0539. The number of piperazine rings is 1. The van der Waals surface area contributed by atoms with Crippen molar-refractivity contribution in [3.8, 4) is 0 Å². The number of thiophene rings is 1. The van der Waals surface area contributed by atoms with Crippen LogP contribution in [0.3, 0.4) is 0 Å². The second-order valence-corrected chi connectivity index (χ2v) is 7.48. The summed E-state index contributed by atoms with van der Waals surface area (Å²) in [6.45, 7) is 3.73. The number of benzene rings is 1. The summed E-state index contributed by atoms with van der Waals surface area (Å²) in [6.07, 6.45) is 0. The number of hydrogen-bond donors (Lipinski definition) is 0. The number of fused-ring (bicyclic) bond motifs is 1. The lowest BCUT2D eigenvalue weighted by Crippen LogP contribution is -2.50. The van der Waals surface area contributed by atoms with Gasteiger partial charge >= 0.3 is 0 Å². The molecule has 1 fully saturated rings. The lowest BCUT2D eigenvalue weighted by atomic mass is 10.1. The van der Waals surface area contributed by atoms with Gasteiger partial charge in [-0.1, -0.05) is 6.07 Å². The molecule has 4 rings (SSSR count). The van der Waals surface area contributed by atoms with Crippen LogP contribution in [0.1, 0.15) is 25.7 Å². The molecule has 0 aliphatic carbocycles. The molecule has 1 aliphatic rings. The zero-order valence-corrected chi connectivity index (χ0v) is 15.6. The Morgan fingerprint density at radius 3 is 2.41 bits per heavy atom. The minimum absolute atomic E-state index is 0.0118. The summed E-state index contributed by atoms with van der Waals surface area (Å²) in [5, 5.41) is 2.52. The average molecular weight is 383 g/mol. The maximum Gasteiger partial charge on any atom is 0.264 e. The molecule has 0 bridgehead atoms. The Morgan fingerprint density at radius 2 is 1.74 bits per heavy atom. The molecule has 1 aromatic carbocycles. The van der Waals surface area contributed by atoms with Crippen LogP contribution in [0.2, 0.25) is 0 Å². The number of aromatic nitrogens is 1. The zero-order valence-electron chi connectivity index (χ0n) is 14.8. The number of carbonyl (C=O) groups excluding carboxylic acids is 2. The molecule has 2 amide bonds. The largest absolute Gasteiger partial charge is 0.335 e. The van der Waals surface area contributed by atoms with Gasteiger partial charge in [-0.2, -0.15) is 0 Å². The van der Waals surface area contributed by atoms with Crippen molar-refractivity contribution in [1.29, 1.82) is 0 Å². The van der Waals surface area contributed by atoms with Crippen LogP contribution < -0.4 is 0 Å². The minimum Gasteiger partial charge on any atom is -0.335 e. The van der Waals surface area contributed by atoms with Gasteiger partial charge in [-0.25, -0.2) is 4.39 Å². The van der Waals surface area contributed by atoms with Crippen molar-refractivity contribution in [3.63, 3.8) is 0 Å². The standard InChI is InChI=1S/C20H18FN3O2S/c1-13-11-16(15-5-4-14(21)12-17(15)22-13)19(25)23-6-8-24(9-7-23)20(26)18-3-2-10-27-18/h2-5,10-12H,6-9H2,1H3. The maximum atomic E-state index is 13.5. The number of amides is 2. The van der Waals surface area contributed by atoms with Gasteiger partial charge in [0.15, 0.2) is 0 Å². The Balaban J connectivity index is 1.53. The average Bonchev–Trinajstić information content (AvgIpc) is 3.20. The molecule has 0 N–H and O–H groups in total. The van der Waals surface area contributed by atoms with E-state index >= 15 is 0 Å². The molecule has 3 heterocycles. The van der Waals surface area contributed by atoms with E-state index in [1.807, 2.05) is 17.5 Å². The fraction of sp³-hybridized carbons (Fsp3) is 0.250. The molecule has 2 aromatic heterocycles. The van der Waals surface area contributed by atoms with Gasteiger partial charge in [0.25, 0.3) is 11.8 Å². The van der Waals surface area contributed by atoms with Crippen molar-refractivity contribution in [2.45, 2.75) is 6.92 Å². The van der Waals surface area contributed by atoms with Gasteiger partial charge in [0.1, 0.15) is 5.82 Å². The number of halogens is 1. The lowest BCUT2D eigenvalue weighted by Gasteiger charge is -2.34. The highest BCUT2D eigenvalue weighted by molar-refractivity contribution is 7.12. The topological polar surface area (TPSA) is 53.5 Å². The number of rotatable bonds is 2. The first-order valence-electron chi connectivity index (χ1n) is 8.72. The molecule has 27 heavy (non-hydrogen) atoms.